The molecule has 1 heterocycles. The number of carbonyl (C=O) groups excluding carboxylic acids is 1. The molecule has 0 unspecified atom stereocenters. The molecule has 5 nitrogen and oxygen atoms in total. The van der Waals surface area contributed by atoms with Gasteiger partial charge in [0.05, 0.1) is 0 Å². The predicted octanol–water partition coefficient (Wildman–Crippen LogP) is 1.18. The Morgan fingerprint density at radius 1 is 1.47 bits per heavy atom. The zero-order valence-electron chi connectivity index (χ0n) is 10.7. The lowest BCUT2D eigenvalue weighted by Crippen LogP contribution is -2.37. The summed E-state index contributed by atoms with van der Waals surface area (Å²) in [7, 11) is 0. The van der Waals surface area contributed by atoms with Crippen LogP contribution in [0.15, 0.2) is 16.9 Å². The molecular formula is C12H19N3O2. The Kier molecular flexibility index (Phi) is 4.04. The number of aromatic nitrogens is 2. The van der Waals surface area contributed by atoms with Crippen molar-refractivity contribution in [3.8, 4) is 0 Å². The average Bonchev–Trinajstić information content (AvgIpc) is 2.27. The molecule has 0 spiro atoms. The first-order chi connectivity index (χ1) is 7.83. The predicted molar refractivity (Wildman–Crippen MR) is 65.8 cm³/mol. The molecule has 0 radical (unpaired) electrons. The van der Waals surface area contributed by atoms with Gasteiger partial charge in [-0.1, -0.05) is 27.7 Å². The van der Waals surface area contributed by atoms with E-state index in [4.69, 9.17) is 0 Å². The summed E-state index contributed by atoms with van der Waals surface area (Å²) in [6.45, 7) is 9.00. The summed E-state index contributed by atoms with van der Waals surface area (Å²) < 4.78 is 0. The minimum Gasteiger partial charge on any atom is -0.350 e. The van der Waals surface area contributed by atoms with Crippen LogP contribution >= 0.6 is 0 Å². The second kappa shape index (κ2) is 5.12. The van der Waals surface area contributed by atoms with Crippen molar-refractivity contribution in [2.45, 2.75) is 27.7 Å². The van der Waals surface area contributed by atoms with E-state index >= 15 is 0 Å². The van der Waals surface area contributed by atoms with Gasteiger partial charge in [0.15, 0.2) is 0 Å². The smallest absolute Gasteiger partial charge is 0.271 e. The van der Waals surface area contributed by atoms with Crippen LogP contribution in [0.5, 0.6) is 0 Å². The quantitative estimate of drug-likeness (QED) is 0.825. The lowest BCUT2D eigenvalue weighted by atomic mass is 9.81. The normalized spacial score (nSPS) is 11.6. The van der Waals surface area contributed by atoms with Gasteiger partial charge in [-0.2, -0.15) is 5.10 Å². The molecule has 0 fully saturated rings. The molecule has 0 aromatic carbocycles. The minimum absolute atomic E-state index is 0.0256. The van der Waals surface area contributed by atoms with Crippen molar-refractivity contribution in [1.29, 1.82) is 0 Å². The van der Waals surface area contributed by atoms with Gasteiger partial charge < -0.3 is 5.32 Å². The van der Waals surface area contributed by atoms with E-state index in [9.17, 15) is 9.59 Å². The van der Waals surface area contributed by atoms with Crippen LogP contribution in [-0.4, -0.2) is 22.6 Å². The molecule has 0 saturated carbocycles. The largest absolute Gasteiger partial charge is 0.350 e. The Labute approximate surface area is 101 Å². The highest BCUT2D eigenvalue weighted by atomic mass is 16.2. The first kappa shape index (κ1) is 13.4. The first-order valence-corrected chi connectivity index (χ1v) is 5.67. The van der Waals surface area contributed by atoms with Crippen molar-refractivity contribution in [3.63, 3.8) is 0 Å². The molecule has 1 aromatic heterocycles. The third-order valence-corrected chi connectivity index (χ3v) is 3.18. The van der Waals surface area contributed by atoms with Crippen molar-refractivity contribution >= 4 is 5.91 Å². The van der Waals surface area contributed by atoms with Crippen LogP contribution in [-0.2, 0) is 0 Å². The summed E-state index contributed by atoms with van der Waals surface area (Å²) >= 11 is 0. The minimum atomic E-state index is -0.316. The Hall–Kier alpha value is -1.65. The number of rotatable bonds is 4. The molecule has 1 aromatic rings. The molecule has 0 aliphatic rings. The Balaban J connectivity index is 2.62. The summed E-state index contributed by atoms with van der Waals surface area (Å²) in [5.41, 5.74) is -0.0640. The van der Waals surface area contributed by atoms with Gasteiger partial charge >= 0.3 is 0 Å². The van der Waals surface area contributed by atoms with E-state index in [0.717, 1.165) is 0 Å². The molecule has 2 N–H and O–H groups in total. The lowest BCUT2D eigenvalue weighted by molar-refractivity contribution is 0.0918. The SMILES string of the molecule is CC(C)C(C)(C)CNC(=O)c1ccc(=O)[nH]n1. The number of amides is 1. The Bertz CT molecular complexity index is 429. The van der Waals surface area contributed by atoms with E-state index < -0.39 is 0 Å². The molecule has 94 valence electrons. The molecular weight excluding hydrogens is 218 g/mol. The van der Waals surface area contributed by atoms with Gasteiger partial charge in [-0.25, -0.2) is 5.10 Å². The van der Waals surface area contributed by atoms with E-state index in [1.54, 1.807) is 0 Å². The van der Waals surface area contributed by atoms with E-state index in [1.165, 1.54) is 12.1 Å². The highest BCUT2D eigenvalue weighted by molar-refractivity contribution is 5.91. The van der Waals surface area contributed by atoms with Crippen molar-refractivity contribution in [2.24, 2.45) is 11.3 Å². The maximum Gasteiger partial charge on any atom is 0.271 e. The molecule has 1 amide bonds. The highest BCUT2D eigenvalue weighted by Crippen LogP contribution is 2.24. The van der Waals surface area contributed by atoms with Crippen LogP contribution in [0.1, 0.15) is 38.2 Å². The van der Waals surface area contributed by atoms with Crippen molar-refractivity contribution in [2.75, 3.05) is 6.54 Å². The van der Waals surface area contributed by atoms with Gasteiger partial charge in [0.1, 0.15) is 5.69 Å². The number of hydrogen-bond acceptors (Lipinski definition) is 3. The molecule has 0 bridgehead atoms. The Morgan fingerprint density at radius 2 is 2.12 bits per heavy atom. The van der Waals surface area contributed by atoms with Crippen LogP contribution in [0.25, 0.3) is 0 Å². The zero-order valence-corrected chi connectivity index (χ0v) is 10.7. The molecule has 0 aliphatic heterocycles. The fourth-order valence-electron chi connectivity index (χ4n) is 1.07. The van der Waals surface area contributed by atoms with E-state index in [2.05, 4.69) is 43.2 Å². The van der Waals surface area contributed by atoms with Gasteiger partial charge in [-0.3, -0.25) is 9.59 Å². The van der Waals surface area contributed by atoms with Crippen LogP contribution in [0.4, 0.5) is 0 Å². The van der Waals surface area contributed by atoms with E-state index in [1.807, 2.05) is 0 Å². The highest BCUT2D eigenvalue weighted by Gasteiger charge is 2.23. The second-order valence-electron chi connectivity index (χ2n) is 5.13. The summed E-state index contributed by atoms with van der Waals surface area (Å²) in [6.07, 6.45) is 0. The van der Waals surface area contributed by atoms with E-state index in [-0.39, 0.29) is 22.6 Å². The third kappa shape index (κ3) is 3.69. The average molecular weight is 237 g/mol. The number of H-pyrrole nitrogens is 1. The summed E-state index contributed by atoms with van der Waals surface area (Å²) in [6, 6.07) is 2.70. The standard InChI is InChI=1S/C12H19N3O2/c1-8(2)12(3,4)7-13-11(17)9-5-6-10(16)15-14-9/h5-6,8H,7H2,1-4H3,(H,13,17)(H,15,16). The molecule has 0 atom stereocenters. The first-order valence-electron chi connectivity index (χ1n) is 5.67. The van der Waals surface area contributed by atoms with Crippen molar-refractivity contribution in [3.05, 3.63) is 28.2 Å². The summed E-state index contributed by atoms with van der Waals surface area (Å²) in [5, 5.41) is 8.73. The van der Waals surface area contributed by atoms with Crippen LogP contribution in [0.2, 0.25) is 0 Å². The topological polar surface area (TPSA) is 74.8 Å². The monoisotopic (exact) mass is 237 g/mol. The molecule has 0 saturated heterocycles. The second-order valence-corrected chi connectivity index (χ2v) is 5.13. The Morgan fingerprint density at radius 3 is 2.59 bits per heavy atom. The molecule has 1 rings (SSSR count). The van der Waals surface area contributed by atoms with Crippen LogP contribution in [0, 0.1) is 11.3 Å². The fraction of sp³-hybridized carbons (Fsp3) is 0.583. The number of hydrogen-bond donors (Lipinski definition) is 2. The zero-order chi connectivity index (χ0) is 13.1. The van der Waals surface area contributed by atoms with Crippen LogP contribution in [0.3, 0.4) is 0 Å². The van der Waals surface area contributed by atoms with Gasteiger partial charge in [0.25, 0.3) is 11.5 Å². The van der Waals surface area contributed by atoms with Crippen molar-refractivity contribution < 1.29 is 4.79 Å². The van der Waals surface area contributed by atoms with E-state index in [0.29, 0.717) is 12.5 Å². The van der Waals surface area contributed by atoms with Gasteiger partial charge in [0.2, 0.25) is 0 Å². The summed E-state index contributed by atoms with van der Waals surface area (Å²) in [5.74, 6) is 0.196. The lowest BCUT2D eigenvalue weighted by Gasteiger charge is -2.29. The molecule has 17 heavy (non-hydrogen) atoms. The number of nitrogens with zero attached hydrogens (tertiary/aromatic N) is 1. The number of aromatic amines is 1. The maximum atomic E-state index is 11.7. The van der Waals surface area contributed by atoms with Gasteiger partial charge in [-0.15, -0.1) is 0 Å². The van der Waals surface area contributed by atoms with Crippen LogP contribution < -0.4 is 10.9 Å². The van der Waals surface area contributed by atoms with Crippen molar-refractivity contribution in [1.82, 2.24) is 15.5 Å². The molecule has 0 aliphatic carbocycles. The summed E-state index contributed by atoms with van der Waals surface area (Å²) in [4.78, 5) is 22.5. The third-order valence-electron chi connectivity index (χ3n) is 3.18. The maximum absolute atomic E-state index is 11.7. The van der Waals surface area contributed by atoms with Gasteiger partial charge in [-0.05, 0) is 17.4 Å². The molecule has 5 heteroatoms. The number of nitrogens with one attached hydrogen (secondary N) is 2. The number of carbonyl (C=O) groups is 1. The fourth-order valence-corrected chi connectivity index (χ4v) is 1.07. The van der Waals surface area contributed by atoms with Gasteiger partial charge in [0, 0.05) is 12.6 Å².